The van der Waals surface area contributed by atoms with Crippen LogP contribution in [0.3, 0.4) is 0 Å². The number of nitrogens with zero attached hydrogens (tertiary/aromatic N) is 1. The second-order valence-electron chi connectivity index (χ2n) is 7.75. The molecule has 30 heavy (non-hydrogen) atoms. The van der Waals surface area contributed by atoms with Crippen molar-refractivity contribution in [2.45, 2.75) is 45.6 Å². The number of nitrogens with two attached hydrogens (primary N) is 1. The van der Waals surface area contributed by atoms with Crippen LogP contribution in [0.15, 0.2) is 46.8 Å². The lowest BCUT2D eigenvalue weighted by atomic mass is 9.79. The van der Waals surface area contributed by atoms with Gasteiger partial charge in [-0.25, -0.2) is 9.59 Å². The molecule has 3 N–H and O–H groups in total. The van der Waals surface area contributed by atoms with Crippen molar-refractivity contribution in [1.29, 1.82) is 0 Å². The minimum absolute atomic E-state index is 0.0375. The van der Waals surface area contributed by atoms with Gasteiger partial charge in [0.25, 0.3) is 5.69 Å². The topological polar surface area (TPSA) is 134 Å². The highest BCUT2D eigenvalue weighted by molar-refractivity contribution is 6.00. The van der Waals surface area contributed by atoms with Crippen molar-refractivity contribution >= 4 is 17.6 Å². The maximum atomic E-state index is 13.1. The fraction of sp³-hybridized carbons (Fsp3) is 0.429. The fourth-order valence-electron chi connectivity index (χ4n) is 3.28. The zero-order chi connectivity index (χ0) is 22.6. The first-order chi connectivity index (χ1) is 14.0. The molecule has 1 aromatic rings. The third-order valence-corrected chi connectivity index (χ3v) is 4.61. The maximum absolute atomic E-state index is 13.1. The van der Waals surface area contributed by atoms with Gasteiger partial charge in [-0.3, -0.25) is 10.1 Å². The van der Waals surface area contributed by atoms with E-state index in [4.69, 9.17) is 15.2 Å². The van der Waals surface area contributed by atoms with Crippen molar-refractivity contribution in [1.82, 2.24) is 5.32 Å². The van der Waals surface area contributed by atoms with E-state index in [2.05, 4.69) is 5.32 Å². The van der Waals surface area contributed by atoms with E-state index in [0.717, 1.165) is 0 Å². The molecule has 0 fully saturated rings. The Hall–Kier alpha value is -3.20. The normalized spacial score (nSPS) is 16.8. The monoisotopic (exact) mass is 417 g/mol. The Bertz CT molecular complexity index is 927. The summed E-state index contributed by atoms with van der Waals surface area (Å²) in [5, 5.41) is 14.4. The molecule has 2 rings (SSSR count). The van der Waals surface area contributed by atoms with Crippen molar-refractivity contribution in [2.75, 3.05) is 13.7 Å². The smallest absolute Gasteiger partial charge is 0.336 e. The van der Waals surface area contributed by atoms with E-state index in [1.54, 1.807) is 26.8 Å². The van der Waals surface area contributed by atoms with E-state index < -0.39 is 28.3 Å². The molecule has 0 radical (unpaired) electrons. The number of nitro groups is 1. The van der Waals surface area contributed by atoms with E-state index in [-0.39, 0.29) is 23.4 Å². The molecule has 0 saturated heterocycles. The average Bonchev–Trinajstić information content (AvgIpc) is 2.69. The lowest BCUT2D eigenvalue weighted by molar-refractivity contribution is -0.384. The van der Waals surface area contributed by atoms with Gasteiger partial charge < -0.3 is 20.5 Å². The largest absolute Gasteiger partial charge is 0.466 e. The number of non-ortho nitro benzene ring substituents is 1. The number of methoxy groups -OCH3 is 1. The van der Waals surface area contributed by atoms with Gasteiger partial charge in [-0.05, 0) is 32.8 Å². The van der Waals surface area contributed by atoms with Crippen molar-refractivity contribution < 1.29 is 24.0 Å². The van der Waals surface area contributed by atoms with Gasteiger partial charge in [-0.1, -0.05) is 19.1 Å². The summed E-state index contributed by atoms with van der Waals surface area (Å²) < 4.78 is 10.4. The quantitative estimate of drug-likeness (QED) is 0.393. The van der Waals surface area contributed by atoms with Crippen LogP contribution in [0.5, 0.6) is 0 Å². The number of ether oxygens (including phenoxy) is 2. The number of dihydropyridines is 1. The van der Waals surface area contributed by atoms with Crippen LogP contribution in [-0.4, -0.2) is 36.1 Å². The van der Waals surface area contributed by atoms with E-state index in [0.29, 0.717) is 23.4 Å². The number of allylic oxidation sites excluding steroid dienone is 2. The molecule has 1 heterocycles. The van der Waals surface area contributed by atoms with Crippen molar-refractivity contribution in [2.24, 2.45) is 5.73 Å². The lowest BCUT2D eigenvalue weighted by Gasteiger charge is -2.31. The Balaban J connectivity index is 2.67. The minimum atomic E-state index is -0.887. The van der Waals surface area contributed by atoms with Crippen LogP contribution in [0.1, 0.15) is 45.6 Å². The summed E-state index contributed by atoms with van der Waals surface area (Å²) in [6, 6.07) is 5.84. The number of rotatable bonds is 7. The first-order valence-electron chi connectivity index (χ1n) is 9.49. The van der Waals surface area contributed by atoms with Crippen molar-refractivity contribution in [3.63, 3.8) is 0 Å². The maximum Gasteiger partial charge on any atom is 0.336 e. The molecule has 0 spiro atoms. The van der Waals surface area contributed by atoms with Gasteiger partial charge >= 0.3 is 11.9 Å². The molecule has 1 aliphatic rings. The first kappa shape index (κ1) is 23.1. The van der Waals surface area contributed by atoms with Gasteiger partial charge in [0.2, 0.25) is 0 Å². The van der Waals surface area contributed by atoms with E-state index >= 15 is 0 Å². The predicted octanol–water partition coefficient (Wildman–Crippen LogP) is 2.67. The minimum Gasteiger partial charge on any atom is -0.466 e. The Kier molecular flexibility index (Phi) is 6.99. The number of benzene rings is 1. The van der Waals surface area contributed by atoms with Crippen molar-refractivity contribution in [3.8, 4) is 0 Å². The molecule has 1 unspecified atom stereocenters. The predicted molar refractivity (Wildman–Crippen MR) is 110 cm³/mol. The number of carbonyl (C=O) groups is 2. The zero-order valence-electron chi connectivity index (χ0n) is 17.8. The molecule has 0 amide bonds. The fourth-order valence-corrected chi connectivity index (χ4v) is 3.28. The molecule has 0 saturated carbocycles. The number of carbonyl (C=O) groups excluding carboxylic acids is 2. The van der Waals surface area contributed by atoms with Gasteiger partial charge in [0.05, 0.1) is 29.1 Å². The highest BCUT2D eigenvalue weighted by atomic mass is 16.6. The van der Waals surface area contributed by atoms with E-state index in [9.17, 15) is 19.7 Å². The van der Waals surface area contributed by atoms with Gasteiger partial charge in [0.15, 0.2) is 0 Å². The van der Waals surface area contributed by atoms with Gasteiger partial charge in [-0.2, -0.15) is 0 Å². The van der Waals surface area contributed by atoms with E-state index in [1.165, 1.54) is 25.3 Å². The molecular weight excluding hydrogens is 390 g/mol. The molecular formula is C21H27N3O6. The standard InChI is InChI=1S/C21H27N3O6/c1-6-15-18(20(26)30-11-21(3,4)22)17(16(12(2)23-15)19(25)29-5)13-8-7-9-14(10-13)24(27)28/h7-10,17,23H,6,11,22H2,1-5H3. The highest BCUT2D eigenvalue weighted by Gasteiger charge is 2.39. The Morgan fingerprint density at radius 3 is 2.47 bits per heavy atom. The molecule has 0 bridgehead atoms. The molecule has 1 atom stereocenters. The van der Waals surface area contributed by atoms with Crippen LogP contribution in [0.4, 0.5) is 5.69 Å². The summed E-state index contributed by atoms with van der Waals surface area (Å²) in [6.07, 6.45) is 0.452. The van der Waals surface area contributed by atoms with Crippen LogP contribution in [0, 0.1) is 10.1 Å². The SMILES string of the molecule is CCC1=C(C(=O)OCC(C)(C)N)C(c2cccc([N+](=O)[O-])c2)C(C(=O)OC)=C(C)N1. The first-order valence-corrected chi connectivity index (χ1v) is 9.49. The molecule has 1 aliphatic heterocycles. The molecule has 162 valence electrons. The number of esters is 2. The second-order valence-corrected chi connectivity index (χ2v) is 7.75. The number of hydrogen-bond donors (Lipinski definition) is 2. The summed E-state index contributed by atoms with van der Waals surface area (Å²) in [7, 11) is 1.24. The van der Waals surface area contributed by atoms with E-state index in [1.807, 2.05) is 6.92 Å². The summed E-state index contributed by atoms with van der Waals surface area (Å²) in [6.45, 7) is 6.94. The number of hydrogen-bond acceptors (Lipinski definition) is 8. The summed E-state index contributed by atoms with van der Waals surface area (Å²) >= 11 is 0. The van der Waals surface area contributed by atoms with Crippen molar-refractivity contribution in [3.05, 3.63) is 62.5 Å². The van der Waals surface area contributed by atoms with Crippen LogP contribution in [0.25, 0.3) is 0 Å². The summed E-state index contributed by atoms with van der Waals surface area (Å²) in [4.78, 5) is 36.5. The van der Waals surface area contributed by atoms with Crippen LogP contribution >= 0.6 is 0 Å². The number of nitrogens with one attached hydrogen (secondary N) is 1. The molecule has 9 heteroatoms. The lowest BCUT2D eigenvalue weighted by Crippen LogP contribution is -2.40. The molecule has 0 aliphatic carbocycles. The van der Waals surface area contributed by atoms with Gasteiger partial charge in [-0.15, -0.1) is 0 Å². The second kappa shape index (κ2) is 9.08. The van der Waals surface area contributed by atoms with Gasteiger partial charge in [0.1, 0.15) is 6.61 Å². The number of nitro benzene ring substituents is 1. The Labute approximate surface area is 175 Å². The van der Waals surface area contributed by atoms with Crippen LogP contribution in [-0.2, 0) is 19.1 Å². The van der Waals surface area contributed by atoms with Gasteiger partial charge in [0, 0.05) is 29.1 Å². The van der Waals surface area contributed by atoms with Crippen LogP contribution in [0.2, 0.25) is 0 Å². The average molecular weight is 417 g/mol. The molecule has 0 aromatic heterocycles. The third-order valence-electron chi connectivity index (χ3n) is 4.61. The van der Waals surface area contributed by atoms with Crippen LogP contribution < -0.4 is 11.1 Å². The summed E-state index contributed by atoms with van der Waals surface area (Å²) in [5.41, 5.74) is 6.91. The Morgan fingerprint density at radius 1 is 1.27 bits per heavy atom. The molecule has 9 nitrogen and oxygen atoms in total. The molecule has 1 aromatic carbocycles. The Morgan fingerprint density at radius 2 is 1.93 bits per heavy atom. The third kappa shape index (κ3) is 5.04. The highest BCUT2D eigenvalue weighted by Crippen LogP contribution is 2.40. The summed E-state index contributed by atoms with van der Waals surface area (Å²) in [5.74, 6) is -2.18. The zero-order valence-corrected chi connectivity index (χ0v) is 17.8.